The van der Waals surface area contributed by atoms with Crippen LogP contribution in [0.15, 0.2) is 34.7 Å². The van der Waals surface area contributed by atoms with E-state index in [1.165, 1.54) is 44.8 Å². The summed E-state index contributed by atoms with van der Waals surface area (Å²) in [6.07, 6.45) is 12.3. The predicted octanol–water partition coefficient (Wildman–Crippen LogP) is 9.95. The highest BCUT2D eigenvalue weighted by molar-refractivity contribution is 14.1. The fourth-order valence-corrected chi connectivity index (χ4v) is 7.93. The summed E-state index contributed by atoms with van der Waals surface area (Å²) in [5, 5.41) is 0.674. The minimum atomic E-state index is -3.21. The molecular weight excluding hydrogens is 786 g/mol. The Morgan fingerprint density at radius 1 is 0.927 bits per heavy atom. The summed E-state index contributed by atoms with van der Waals surface area (Å²) in [5.74, 6) is 2.00. The third kappa shape index (κ3) is 10.7. The molecule has 0 spiro atoms. The molecule has 1 heterocycles. The van der Waals surface area contributed by atoms with Crippen LogP contribution in [0.4, 0.5) is 0 Å². The van der Waals surface area contributed by atoms with E-state index in [0.717, 1.165) is 32.2 Å². The Morgan fingerprint density at radius 3 is 2.10 bits per heavy atom. The molecular formula is C32H43ClI2O5S. The molecule has 9 heteroatoms. The lowest BCUT2D eigenvalue weighted by atomic mass is 9.93. The lowest BCUT2D eigenvalue weighted by molar-refractivity contribution is 0.103. The second kappa shape index (κ2) is 17.4. The first-order valence-corrected chi connectivity index (χ1v) is 18.7. The maximum Gasteiger partial charge on any atom is 0.197 e. The van der Waals surface area contributed by atoms with Crippen molar-refractivity contribution >= 4 is 84.2 Å². The fourth-order valence-electron chi connectivity index (χ4n) is 5.07. The molecule has 3 aromatic rings. The maximum atomic E-state index is 14.0. The van der Waals surface area contributed by atoms with Gasteiger partial charge in [0.05, 0.1) is 25.1 Å². The first kappa shape index (κ1) is 36.3. The van der Waals surface area contributed by atoms with Crippen LogP contribution in [0.2, 0.25) is 0 Å². The molecule has 0 saturated heterocycles. The Labute approximate surface area is 279 Å². The van der Waals surface area contributed by atoms with Crippen molar-refractivity contribution in [2.75, 3.05) is 12.9 Å². The Kier molecular flexibility index (Phi) is 15.5. The fraction of sp³-hybridized carbons (Fsp3) is 0.531. The van der Waals surface area contributed by atoms with Gasteiger partial charge in [-0.2, -0.15) is 0 Å². The van der Waals surface area contributed by atoms with Crippen molar-refractivity contribution in [2.45, 2.75) is 90.7 Å². The zero-order chi connectivity index (χ0) is 29.3. The first-order chi connectivity index (χ1) is 19.1. The number of rotatable bonds is 17. The molecule has 1 aromatic heterocycles. The lowest BCUT2D eigenvalue weighted by Crippen LogP contribution is -2.10. The number of fused-ring (bicyclic) bond motifs is 1. The average Bonchev–Trinajstić information content (AvgIpc) is 3.25. The number of carbonyl (C=O) groups excluding carboxylic acids is 1. The second-order valence-corrected chi connectivity index (χ2v) is 15.3. The highest BCUT2D eigenvalue weighted by Gasteiger charge is 2.24. The van der Waals surface area contributed by atoms with Crippen LogP contribution in [0.25, 0.3) is 11.0 Å². The van der Waals surface area contributed by atoms with E-state index in [9.17, 15) is 13.2 Å². The van der Waals surface area contributed by atoms with E-state index >= 15 is 0 Å². The molecule has 0 aliphatic carbocycles. The van der Waals surface area contributed by atoms with E-state index in [-0.39, 0.29) is 23.9 Å². The quantitative estimate of drug-likeness (QED) is 0.100. The summed E-state index contributed by atoms with van der Waals surface area (Å²) >= 11 is 4.52. The van der Waals surface area contributed by atoms with E-state index < -0.39 is 9.84 Å². The van der Waals surface area contributed by atoms with Crippen LogP contribution in [0.5, 0.6) is 5.75 Å². The Balaban J connectivity index is 0.00000588. The minimum Gasteiger partial charge on any atom is -0.491 e. The molecule has 0 atom stereocenters. The zero-order valence-electron chi connectivity index (χ0n) is 24.6. The summed E-state index contributed by atoms with van der Waals surface area (Å²) in [4.78, 5) is 14.0. The van der Waals surface area contributed by atoms with Crippen molar-refractivity contribution in [2.24, 2.45) is 5.92 Å². The topological polar surface area (TPSA) is 73.6 Å². The summed E-state index contributed by atoms with van der Waals surface area (Å²) in [5.41, 5.74) is 2.38. The van der Waals surface area contributed by atoms with E-state index in [2.05, 4.69) is 66.0 Å². The van der Waals surface area contributed by atoms with Gasteiger partial charge < -0.3 is 9.15 Å². The Hall–Kier alpha value is -0.850. The molecule has 0 N–H and O–H groups in total. The van der Waals surface area contributed by atoms with E-state index in [0.29, 0.717) is 52.4 Å². The van der Waals surface area contributed by atoms with Crippen LogP contribution in [0.3, 0.4) is 0 Å². The molecule has 2 aromatic carbocycles. The van der Waals surface area contributed by atoms with Gasteiger partial charge in [0.1, 0.15) is 17.1 Å². The molecule has 0 amide bonds. The summed E-state index contributed by atoms with van der Waals surface area (Å²) < 4.78 is 38.1. The Morgan fingerprint density at radius 2 is 1.54 bits per heavy atom. The van der Waals surface area contributed by atoms with Crippen LogP contribution in [0.1, 0.15) is 106 Å². The molecule has 0 bridgehead atoms. The van der Waals surface area contributed by atoms with Crippen molar-refractivity contribution in [3.05, 3.63) is 59.9 Å². The summed E-state index contributed by atoms with van der Waals surface area (Å²) in [6.45, 7) is 7.27. The van der Waals surface area contributed by atoms with Gasteiger partial charge in [-0.25, -0.2) is 8.42 Å². The first-order valence-electron chi connectivity index (χ1n) is 14.5. The number of furan rings is 1. The van der Waals surface area contributed by atoms with E-state index in [1.54, 1.807) is 18.2 Å². The van der Waals surface area contributed by atoms with E-state index in [1.807, 2.05) is 12.1 Å². The number of sulfone groups is 1. The molecule has 0 radical (unpaired) electrons. The summed E-state index contributed by atoms with van der Waals surface area (Å²) in [7, 11) is -3.21. The van der Waals surface area contributed by atoms with Gasteiger partial charge >= 0.3 is 0 Å². The second-order valence-electron chi connectivity index (χ2n) is 10.8. The van der Waals surface area contributed by atoms with Crippen molar-refractivity contribution in [3.8, 4) is 5.75 Å². The van der Waals surface area contributed by atoms with Gasteiger partial charge in [0.15, 0.2) is 15.6 Å². The molecule has 5 nitrogen and oxygen atoms in total. The molecule has 0 fully saturated rings. The van der Waals surface area contributed by atoms with Crippen molar-refractivity contribution in [1.29, 1.82) is 0 Å². The minimum absolute atomic E-state index is 0. The zero-order valence-corrected chi connectivity index (χ0v) is 30.5. The maximum absolute atomic E-state index is 14.0. The van der Waals surface area contributed by atoms with Gasteiger partial charge in [-0.15, -0.1) is 12.4 Å². The third-order valence-electron chi connectivity index (χ3n) is 7.20. The lowest BCUT2D eigenvalue weighted by Gasteiger charge is -2.18. The molecule has 0 saturated carbocycles. The van der Waals surface area contributed by atoms with Crippen LogP contribution < -0.4 is 4.74 Å². The standard InChI is InChI=1S/C32H42I2O5S.ClH/c1-5-8-11-22(12-9-6-2)16-17-38-32-26(33)19-24(20-27(32)34)31(35)30-25-18-23(21-40(4,36)37)14-15-28(25)39-29(30)13-10-7-3;/h14-15,18-20,22H,5-13,16-17,21H2,1-4H3;1H. The highest BCUT2D eigenvalue weighted by atomic mass is 127. The third-order valence-corrected chi connectivity index (χ3v) is 9.66. The largest absolute Gasteiger partial charge is 0.491 e. The van der Waals surface area contributed by atoms with Crippen LogP contribution >= 0.6 is 57.6 Å². The number of hydrogen-bond donors (Lipinski definition) is 0. The predicted molar refractivity (Wildman–Crippen MR) is 189 cm³/mol. The number of hydrogen-bond acceptors (Lipinski definition) is 5. The number of carbonyl (C=O) groups is 1. The normalized spacial score (nSPS) is 11.7. The number of ketones is 1. The number of unbranched alkanes of at least 4 members (excludes halogenated alkanes) is 3. The van der Waals surface area contributed by atoms with Gasteiger partial charge in [-0.05, 0) is 93.8 Å². The van der Waals surface area contributed by atoms with Gasteiger partial charge in [0.2, 0.25) is 0 Å². The number of aryl methyl sites for hydroxylation is 1. The molecule has 0 aliphatic rings. The number of halogens is 3. The molecule has 0 unspecified atom stereocenters. The van der Waals surface area contributed by atoms with Crippen LogP contribution in [0, 0.1) is 13.1 Å². The highest BCUT2D eigenvalue weighted by Crippen LogP contribution is 2.34. The number of ether oxygens (including phenoxy) is 1. The summed E-state index contributed by atoms with van der Waals surface area (Å²) in [6, 6.07) is 9.13. The molecule has 0 aliphatic heterocycles. The van der Waals surface area contributed by atoms with E-state index in [4.69, 9.17) is 9.15 Å². The molecule has 41 heavy (non-hydrogen) atoms. The SMILES string of the molecule is CCCCc1oc2ccc(CS(C)(=O)=O)cc2c1C(=O)c1cc(I)c(OCCC(CCCC)CCCC)c(I)c1.Cl. The monoisotopic (exact) mass is 828 g/mol. The van der Waals surface area contributed by atoms with Gasteiger partial charge in [0.25, 0.3) is 0 Å². The van der Waals surface area contributed by atoms with Crippen molar-refractivity contribution in [3.63, 3.8) is 0 Å². The molecule has 3 rings (SSSR count). The van der Waals surface area contributed by atoms with Gasteiger partial charge in [0, 0.05) is 23.6 Å². The van der Waals surface area contributed by atoms with Crippen molar-refractivity contribution in [1.82, 2.24) is 0 Å². The van der Waals surface area contributed by atoms with Gasteiger partial charge in [-0.1, -0.05) is 71.8 Å². The number of benzene rings is 2. The van der Waals surface area contributed by atoms with Crippen molar-refractivity contribution < 1.29 is 22.4 Å². The smallest absolute Gasteiger partial charge is 0.197 e. The Bertz CT molecular complexity index is 1370. The van der Waals surface area contributed by atoms with Crippen LogP contribution in [-0.4, -0.2) is 27.1 Å². The van der Waals surface area contributed by atoms with Gasteiger partial charge in [-0.3, -0.25) is 4.79 Å². The average molecular weight is 829 g/mol. The van der Waals surface area contributed by atoms with Crippen LogP contribution in [-0.2, 0) is 22.0 Å². The molecule has 228 valence electrons.